The number of nitro benzene ring substituents is 1. The number of nitrogens with zero attached hydrogens (tertiary/aromatic N) is 7. The van der Waals surface area contributed by atoms with Crippen molar-refractivity contribution < 1.29 is 9.66 Å². The van der Waals surface area contributed by atoms with E-state index in [0.29, 0.717) is 42.3 Å². The quantitative estimate of drug-likeness (QED) is 0.249. The molecule has 11 heteroatoms. The summed E-state index contributed by atoms with van der Waals surface area (Å²) in [5.74, 6) is 1.04. The summed E-state index contributed by atoms with van der Waals surface area (Å²) in [6.07, 6.45) is 3.46. The van der Waals surface area contributed by atoms with Crippen LogP contribution in [0.1, 0.15) is 18.6 Å². The highest BCUT2D eigenvalue weighted by molar-refractivity contribution is 5.99. The van der Waals surface area contributed by atoms with Crippen LogP contribution in [0.3, 0.4) is 0 Å². The SMILES string of the molecule is C.Cc1cc(N(C)CCN(C)C)c([N+](=O)[O-])cc1Nc1ncc(C#N)c(-c2cn3c4c(cccc24)OCC3)n1. The van der Waals surface area contributed by atoms with Crippen molar-refractivity contribution in [2.45, 2.75) is 20.9 Å². The Hall–Kier alpha value is -4.69. The lowest BCUT2D eigenvalue weighted by molar-refractivity contribution is -0.384. The predicted octanol–water partition coefficient (Wildman–Crippen LogP) is 4.96. The van der Waals surface area contributed by atoms with Crippen LogP contribution < -0.4 is 15.0 Å². The van der Waals surface area contributed by atoms with Crippen molar-refractivity contribution in [1.82, 2.24) is 19.4 Å². The zero-order chi connectivity index (χ0) is 27.0. The van der Waals surface area contributed by atoms with E-state index in [1.54, 1.807) is 6.07 Å². The molecule has 1 N–H and O–H groups in total. The van der Waals surface area contributed by atoms with E-state index in [0.717, 1.165) is 34.3 Å². The highest BCUT2D eigenvalue weighted by atomic mass is 16.6. The average molecular weight is 529 g/mol. The van der Waals surface area contributed by atoms with Crippen molar-refractivity contribution in [2.24, 2.45) is 0 Å². The molecule has 0 fully saturated rings. The van der Waals surface area contributed by atoms with E-state index in [-0.39, 0.29) is 24.0 Å². The van der Waals surface area contributed by atoms with Crippen molar-refractivity contribution >= 4 is 33.9 Å². The molecule has 0 spiro atoms. The van der Waals surface area contributed by atoms with E-state index < -0.39 is 0 Å². The van der Waals surface area contributed by atoms with Crippen LogP contribution in [0.4, 0.5) is 23.0 Å². The largest absolute Gasteiger partial charge is 0.490 e. The molecule has 0 aliphatic carbocycles. The third-order valence-corrected chi connectivity index (χ3v) is 6.67. The van der Waals surface area contributed by atoms with Crippen LogP contribution in [0.25, 0.3) is 22.2 Å². The Bertz CT molecular complexity index is 1590. The molecule has 0 radical (unpaired) electrons. The fraction of sp³-hybridized carbons (Fsp3) is 0.321. The van der Waals surface area contributed by atoms with Crippen molar-refractivity contribution in [2.75, 3.05) is 51.1 Å². The average Bonchev–Trinajstić information content (AvgIpc) is 3.28. The first-order chi connectivity index (χ1) is 18.3. The fourth-order valence-electron chi connectivity index (χ4n) is 4.65. The monoisotopic (exact) mass is 528 g/mol. The molecule has 0 atom stereocenters. The zero-order valence-corrected chi connectivity index (χ0v) is 21.7. The van der Waals surface area contributed by atoms with Crippen molar-refractivity contribution in [3.05, 3.63) is 64.0 Å². The van der Waals surface area contributed by atoms with Crippen LogP contribution in [-0.4, -0.2) is 65.2 Å². The summed E-state index contributed by atoms with van der Waals surface area (Å²) >= 11 is 0. The number of anilines is 3. The molecule has 5 rings (SSSR count). The van der Waals surface area contributed by atoms with Gasteiger partial charge in [0.1, 0.15) is 24.1 Å². The summed E-state index contributed by atoms with van der Waals surface area (Å²) in [5.41, 5.74) is 4.44. The number of benzene rings is 2. The summed E-state index contributed by atoms with van der Waals surface area (Å²) in [4.78, 5) is 24.5. The van der Waals surface area contributed by atoms with Crippen molar-refractivity contribution in [3.63, 3.8) is 0 Å². The number of hydrogen-bond acceptors (Lipinski definition) is 9. The minimum absolute atomic E-state index is 0. The van der Waals surface area contributed by atoms with Crippen LogP contribution in [0.15, 0.2) is 42.7 Å². The Morgan fingerprint density at radius 3 is 2.77 bits per heavy atom. The van der Waals surface area contributed by atoms with E-state index in [1.807, 2.05) is 62.3 Å². The van der Waals surface area contributed by atoms with E-state index in [9.17, 15) is 15.4 Å². The summed E-state index contributed by atoms with van der Waals surface area (Å²) < 4.78 is 7.92. The molecule has 0 amide bonds. The van der Waals surface area contributed by atoms with E-state index in [2.05, 4.69) is 20.9 Å². The molecule has 0 saturated carbocycles. The molecule has 2 aromatic carbocycles. The number of rotatable bonds is 8. The first-order valence-corrected chi connectivity index (χ1v) is 12.2. The lowest BCUT2D eigenvalue weighted by Crippen LogP contribution is -2.29. The second-order valence-corrected chi connectivity index (χ2v) is 9.57. The normalized spacial score (nSPS) is 12.0. The van der Waals surface area contributed by atoms with Crippen LogP contribution in [0.2, 0.25) is 0 Å². The number of nitriles is 1. The zero-order valence-electron chi connectivity index (χ0n) is 21.7. The second kappa shape index (κ2) is 11.0. The molecule has 2 aromatic heterocycles. The lowest BCUT2D eigenvalue weighted by atomic mass is 10.1. The van der Waals surface area contributed by atoms with Gasteiger partial charge in [0.05, 0.1) is 40.1 Å². The minimum atomic E-state index is -0.382. The second-order valence-electron chi connectivity index (χ2n) is 9.57. The van der Waals surface area contributed by atoms with Gasteiger partial charge in [-0.3, -0.25) is 10.1 Å². The minimum Gasteiger partial charge on any atom is -0.490 e. The Kier molecular flexibility index (Phi) is 7.69. The van der Waals surface area contributed by atoms with Crippen molar-refractivity contribution in [1.29, 1.82) is 5.26 Å². The van der Waals surface area contributed by atoms with Gasteiger partial charge in [0, 0.05) is 43.4 Å². The van der Waals surface area contributed by atoms with Gasteiger partial charge in [-0.25, -0.2) is 9.97 Å². The number of nitrogens with one attached hydrogen (secondary N) is 1. The standard InChI is InChI=1S/C27H28N8O3.CH4/c1-17-12-22(33(4)9-8-32(2)3)23(35(36)37)13-21(17)30-27-29-15-18(14-28)25(31-27)20-16-34-10-11-38-24-7-5-6-19(20)26(24)34;/h5-7,12-13,15-16H,8-11H2,1-4H3,(H,29,30,31);1H4. The van der Waals surface area contributed by atoms with Crippen molar-refractivity contribution in [3.8, 4) is 23.1 Å². The Labute approximate surface area is 227 Å². The summed E-state index contributed by atoms with van der Waals surface area (Å²) in [7, 11) is 5.77. The van der Waals surface area contributed by atoms with Gasteiger partial charge in [-0.1, -0.05) is 19.6 Å². The molecule has 3 heterocycles. The summed E-state index contributed by atoms with van der Waals surface area (Å²) in [6, 6.07) is 11.3. The summed E-state index contributed by atoms with van der Waals surface area (Å²) in [6.45, 7) is 4.55. The molecule has 202 valence electrons. The molecule has 1 aliphatic rings. The van der Waals surface area contributed by atoms with E-state index in [4.69, 9.17) is 9.72 Å². The molecular weight excluding hydrogens is 496 g/mol. The Morgan fingerprint density at radius 1 is 1.26 bits per heavy atom. The van der Waals surface area contributed by atoms with E-state index in [1.165, 1.54) is 12.3 Å². The van der Waals surface area contributed by atoms with Crippen LogP contribution in [0, 0.1) is 28.4 Å². The number of likely N-dealkylation sites (N-methyl/N-ethyl adjacent to an activating group) is 2. The molecular formula is C28H32N8O3. The molecule has 0 unspecified atom stereocenters. The third kappa shape index (κ3) is 5.19. The number of para-hydroxylation sites is 1. The maximum atomic E-state index is 12.0. The number of nitro groups is 1. The Morgan fingerprint density at radius 2 is 2.05 bits per heavy atom. The first-order valence-electron chi connectivity index (χ1n) is 12.2. The van der Waals surface area contributed by atoms with Gasteiger partial charge in [0.2, 0.25) is 5.95 Å². The van der Waals surface area contributed by atoms with Crippen LogP contribution in [-0.2, 0) is 6.54 Å². The number of aryl methyl sites for hydroxylation is 1. The number of ether oxygens (including phenoxy) is 1. The molecule has 4 aromatic rings. The first kappa shape index (κ1) is 27.3. The topological polar surface area (TPSA) is 125 Å². The van der Waals surface area contributed by atoms with Gasteiger partial charge < -0.3 is 24.4 Å². The van der Waals surface area contributed by atoms with Gasteiger partial charge in [-0.2, -0.15) is 5.26 Å². The van der Waals surface area contributed by atoms with Gasteiger partial charge in [-0.05, 0) is 38.7 Å². The van der Waals surface area contributed by atoms with Gasteiger partial charge in [0.25, 0.3) is 5.69 Å². The number of aromatic nitrogens is 3. The lowest BCUT2D eigenvalue weighted by Gasteiger charge is -2.22. The van der Waals surface area contributed by atoms with Crippen LogP contribution >= 0.6 is 0 Å². The smallest absolute Gasteiger partial charge is 0.294 e. The maximum absolute atomic E-state index is 12.0. The molecule has 1 aliphatic heterocycles. The molecule has 0 bridgehead atoms. The molecule has 39 heavy (non-hydrogen) atoms. The van der Waals surface area contributed by atoms with Gasteiger partial charge in [0.15, 0.2) is 0 Å². The predicted molar refractivity (Wildman–Crippen MR) is 153 cm³/mol. The fourth-order valence-corrected chi connectivity index (χ4v) is 4.65. The van der Waals surface area contributed by atoms with E-state index >= 15 is 0 Å². The third-order valence-electron chi connectivity index (χ3n) is 6.67. The maximum Gasteiger partial charge on any atom is 0.294 e. The van der Waals surface area contributed by atoms with Gasteiger partial charge in [-0.15, -0.1) is 0 Å². The Balaban J connectivity index is 0.00000353. The molecule has 0 saturated heterocycles. The molecule has 11 nitrogen and oxygen atoms in total. The van der Waals surface area contributed by atoms with Crippen LogP contribution in [0.5, 0.6) is 5.75 Å². The number of hydrogen-bond donors (Lipinski definition) is 1. The highest BCUT2D eigenvalue weighted by Gasteiger charge is 2.23. The summed E-state index contributed by atoms with van der Waals surface area (Å²) in [5, 5.41) is 25.8. The highest BCUT2D eigenvalue weighted by Crippen LogP contribution is 2.38. The van der Waals surface area contributed by atoms with Gasteiger partial charge >= 0.3 is 0 Å².